The number of allylic oxidation sites excluding steroid dienone is 1. The van der Waals surface area contributed by atoms with E-state index in [1.165, 1.54) is 50.0 Å². The lowest BCUT2D eigenvalue weighted by molar-refractivity contribution is 0.598. The predicted octanol–water partition coefficient (Wildman–Crippen LogP) is 7.01. The Morgan fingerprint density at radius 1 is 0.909 bits per heavy atom. The van der Waals surface area contributed by atoms with Gasteiger partial charge >= 0.3 is 0 Å². The fourth-order valence-corrected chi connectivity index (χ4v) is 5.53. The molecule has 2 aliphatic heterocycles. The summed E-state index contributed by atoms with van der Waals surface area (Å²) in [6.07, 6.45) is 4.63. The highest BCUT2D eigenvalue weighted by atomic mass is 15.2. The number of nitrogens with zero attached hydrogens (tertiary/aromatic N) is 2. The average Bonchev–Trinajstić information content (AvgIpc) is 2.78. The topological polar surface area (TPSA) is 32.0 Å². The van der Waals surface area contributed by atoms with Gasteiger partial charge in [0.25, 0.3) is 0 Å². The van der Waals surface area contributed by atoms with E-state index in [1.807, 2.05) is 12.1 Å². The lowest BCUT2D eigenvalue weighted by Gasteiger charge is -2.41. The number of hydrogen-bond acceptors (Lipinski definition) is 2. The maximum atomic E-state index is 8.31. The summed E-state index contributed by atoms with van der Waals surface area (Å²) in [7, 11) is 4.33. The summed E-state index contributed by atoms with van der Waals surface area (Å²) in [5, 5.41) is 10.1. The van der Waals surface area contributed by atoms with Gasteiger partial charge in [0.15, 0.2) is 0 Å². The van der Waals surface area contributed by atoms with Crippen LogP contribution in [0.15, 0.2) is 60.7 Å². The van der Waals surface area contributed by atoms with Crippen LogP contribution in [-0.2, 0) is 13.5 Å². The zero-order chi connectivity index (χ0) is 23.5. The SMILES string of the molecule is CCCc1ccc(-c2c3ccc(=N)cc-3n(C)c3c4c(ccc23)N(C)C(C)(C)C=C4C)cc1. The molecule has 1 aliphatic carbocycles. The molecule has 5 rings (SSSR count). The monoisotopic (exact) mass is 435 g/mol. The van der Waals surface area contributed by atoms with Crippen molar-refractivity contribution in [1.29, 1.82) is 5.41 Å². The van der Waals surface area contributed by atoms with Gasteiger partial charge in [-0.05, 0) is 62.1 Å². The molecule has 0 saturated heterocycles. The highest BCUT2D eigenvalue weighted by Crippen LogP contribution is 2.46. The molecule has 2 aromatic rings. The first-order valence-electron chi connectivity index (χ1n) is 11.9. The van der Waals surface area contributed by atoms with Crippen molar-refractivity contribution in [3.63, 3.8) is 0 Å². The van der Waals surface area contributed by atoms with Gasteiger partial charge in [-0.2, -0.15) is 0 Å². The van der Waals surface area contributed by atoms with Gasteiger partial charge in [0, 0.05) is 41.9 Å². The van der Waals surface area contributed by atoms with Crippen molar-refractivity contribution < 1.29 is 0 Å². The van der Waals surface area contributed by atoms with E-state index in [2.05, 4.69) is 99.8 Å². The van der Waals surface area contributed by atoms with Crippen LogP contribution in [0.5, 0.6) is 0 Å². The largest absolute Gasteiger partial charge is 0.365 e. The van der Waals surface area contributed by atoms with E-state index in [9.17, 15) is 0 Å². The Kier molecular flexibility index (Phi) is 4.97. The van der Waals surface area contributed by atoms with Crippen molar-refractivity contribution in [2.75, 3.05) is 11.9 Å². The maximum Gasteiger partial charge on any atom is 0.0585 e. The number of aromatic nitrogens is 1. The van der Waals surface area contributed by atoms with Gasteiger partial charge in [0.1, 0.15) is 0 Å². The molecule has 0 radical (unpaired) electrons. The molecule has 2 aromatic carbocycles. The fourth-order valence-electron chi connectivity index (χ4n) is 5.53. The molecule has 3 nitrogen and oxygen atoms in total. The van der Waals surface area contributed by atoms with Crippen LogP contribution in [0.2, 0.25) is 0 Å². The molecule has 2 heterocycles. The molecule has 3 aliphatic rings. The standard InChI is InChI=1S/C30H33N3/c1-7-8-20-9-11-21(12-10-20)28-23-14-13-22(31)17-26(23)32(5)29-24(28)15-16-25-27(29)19(2)18-30(3,4)33(25)6/h9-18,31H,7-8H2,1-6H3. The Morgan fingerprint density at radius 2 is 1.64 bits per heavy atom. The third kappa shape index (κ3) is 3.30. The molecule has 3 heteroatoms. The minimum atomic E-state index is -0.0353. The van der Waals surface area contributed by atoms with Crippen LogP contribution >= 0.6 is 0 Å². The lowest BCUT2D eigenvalue weighted by Crippen LogP contribution is -2.42. The first-order chi connectivity index (χ1) is 15.7. The molecule has 0 bridgehead atoms. The number of hydrogen-bond donors (Lipinski definition) is 1. The zero-order valence-electron chi connectivity index (χ0n) is 20.6. The fraction of sp³-hybridized carbons (Fsp3) is 0.300. The van der Waals surface area contributed by atoms with Crippen molar-refractivity contribution in [2.24, 2.45) is 7.05 Å². The second-order valence-electron chi connectivity index (χ2n) is 10.0. The second kappa shape index (κ2) is 7.62. The van der Waals surface area contributed by atoms with Gasteiger partial charge in [-0.1, -0.05) is 55.8 Å². The number of likely N-dealkylation sites (N-methyl/N-ethyl adjacent to an activating group) is 1. The quantitative estimate of drug-likeness (QED) is 0.345. The van der Waals surface area contributed by atoms with Crippen LogP contribution in [0.4, 0.5) is 5.69 Å². The molecule has 1 N–H and O–H groups in total. The predicted molar refractivity (Wildman–Crippen MR) is 141 cm³/mol. The first kappa shape index (κ1) is 21.5. The molecular weight excluding hydrogens is 402 g/mol. The molecule has 33 heavy (non-hydrogen) atoms. The van der Waals surface area contributed by atoms with Crippen LogP contribution in [0, 0.1) is 5.41 Å². The van der Waals surface area contributed by atoms with Crippen molar-refractivity contribution in [3.8, 4) is 22.4 Å². The molecular formula is C30H33N3. The Hall–Kier alpha value is -3.33. The summed E-state index contributed by atoms with van der Waals surface area (Å²) in [6, 6.07) is 19.7. The maximum absolute atomic E-state index is 8.31. The summed E-state index contributed by atoms with van der Waals surface area (Å²) in [5.74, 6) is 0. The molecule has 0 unspecified atom stereocenters. The van der Waals surface area contributed by atoms with Gasteiger partial charge in [0.05, 0.1) is 22.1 Å². The summed E-state index contributed by atoms with van der Waals surface area (Å²) in [6.45, 7) is 8.98. The Morgan fingerprint density at radius 3 is 2.33 bits per heavy atom. The van der Waals surface area contributed by atoms with E-state index in [0.29, 0.717) is 5.36 Å². The number of benzene rings is 3. The Labute approximate surface area is 196 Å². The van der Waals surface area contributed by atoms with Crippen LogP contribution in [0.25, 0.3) is 38.9 Å². The van der Waals surface area contributed by atoms with Crippen molar-refractivity contribution in [2.45, 2.75) is 46.1 Å². The Bertz CT molecular complexity index is 1430. The third-order valence-electron chi connectivity index (χ3n) is 7.36. The van der Waals surface area contributed by atoms with E-state index in [0.717, 1.165) is 18.5 Å². The van der Waals surface area contributed by atoms with E-state index in [4.69, 9.17) is 5.41 Å². The molecule has 168 valence electrons. The van der Waals surface area contributed by atoms with E-state index < -0.39 is 0 Å². The van der Waals surface area contributed by atoms with Gasteiger partial charge in [-0.25, -0.2) is 0 Å². The molecule has 0 saturated carbocycles. The number of anilines is 1. The van der Waals surface area contributed by atoms with Crippen molar-refractivity contribution >= 4 is 22.2 Å². The minimum Gasteiger partial charge on any atom is -0.365 e. The number of rotatable bonds is 3. The molecule has 0 spiro atoms. The third-order valence-corrected chi connectivity index (χ3v) is 7.36. The van der Waals surface area contributed by atoms with Crippen LogP contribution in [0.3, 0.4) is 0 Å². The summed E-state index contributed by atoms with van der Waals surface area (Å²) >= 11 is 0. The van der Waals surface area contributed by atoms with Gasteiger partial charge in [-0.3, -0.25) is 0 Å². The lowest BCUT2D eigenvalue weighted by atomic mass is 9.85. The van der Waals surface area contributed by atoms with E-state index >= 15 is 0 Å². The normalized spacial score (nSPS) is 15.1. The molecule has 0 fully saturated rings. The van der Waals surface area contributed by atoms with Gasteiger partial charge in [-0.15, -0.1) is 0 Å². The smallest absolute Gasteiger partial charge is 0.0585 e. The zero-order valence-corrected chi connectivity index (χ0v) is 20.6. The number of aryl methyl sites for hydroxylation is 2. The average molecular weight is 436 g/mol. The van der Waals surface area contributed by atoms with Crippen LogP contribution < -0.4 is 10.3 Å². The van der Waals surface area contributed by atoms with Crippen molar-refractivity contribution in [3.05, 3.63) is 77.2 Å². The van der Waals surface area contributed by atoms with Gasteiger partial charge < -0.3 is 14.9 Å². The van der Waals surface area contributed by atoms with Gasteiger partial charge in [0.2, 0.25) is 0 Å². The number of fused-ring (bicyclic) bond motifs is 4. The number of nitrogens with one attached hydrogen (secondary N) is 1. The summed E-state index contributed by atoms with van der Waals surface area (Å²) in [4.78, 5) is 2.37. The number of pyridine rings is 1. The summed E-state index contributed by atoms with van der Waals surface area (Å²) < 4.78 is 2.29. The van der Waals surface area contributed by atoms with Crippen LogP contribution in [-0.4, -0.2) is 17.2 Å². The van der Waals surface area contributed by atoms with Crippen molar-refractivity contribution in [1.82, 2.24) is 4.57 Å². The molecule has 0 atom stereocenters. The van der Waals surface area contributed by atoms with E-state index in [-0.39, 0.29) is 5.54 Å². The highest BCUT2D eigenvalue weighted by molar-refractivity contribution is 6.09. The Balaban J connectivity index is 1.92. The minimum absolute atomic E-state index is 0.0353. The molecule has 0 amide bonds. The second-order valence-corrected chi connectivity index (χ2v) is 10.0. The molecule has 0 aromatic heterocycles. The first-order valence-corrected chi connectivity index (χ1v) is 11.9. The van der Waals surface area contributed by atoms with E-state index in [1.54, 1.807) is 0 Å². The summed E-state index contributed by atoms with van der Waals surface area (Å²) in [5.41, 5.74) is 11.2. The van der Waals surface area contributed by atoms with Crippen LogP contribution in [0.1, 0.15) is 45.2 Å². The highest BCUT2D eigenvalue weighted by Gasteiger charge is 2.31.